The summed E-state index contributed by atoms with van der Waals surface area (Å²) < 4.78 is 6.94. The fourth-order valence-electron chi connectivity index (χ4n) is 4.67. The Hall–Kier alpha value is -1.38. The third kappa shape index (κ3) is 3.97. The van der Waals surface area contributed by atoms with Crippen molar-refractivity contribution in [2.24, 2.45) is 0 Å². The molecule has 1 nitrogen and oxygen atoms in total. The molecule has 0 saturated heterocycles. The Kier molecular flexibility index (Phi) is 5.74. The van der Waals surface area contributed by atoms with Gasteiger partial charge in [-0.15, -0.1) is 0 Å². The van der Waals surface area contributed by atoms with Crippen LogP contribution < -0.4 is 0 Å². The van der Waals surface area contributed by atoms with Crippen molar-refractivity contribution in [3.8, 4) is 11.1 Å². The standard InChI is InChI=1S/C24H34OSi/c1-6-7-8-13-18-26(5,25-24(2,3)4)23-21-16-11-9-14-19(21)20-15-10-12-17-22(20)23/h9-12,14-17,23H,6-8,13,18H2,1-5H3. The molecule has 0 aromatic heterocycles. The molecule has 140 valence electrons. The smallest absolute Gasteiger partial charge is 0.202 e. The van der Waals surface area contributed by atoms with Crippen molar-refractivity contribution < 1.29 is 4.43 Å². The van der Waals surface area contributed by atoms with Crippen LogP contribution >= 0.6 is 0 Å². The van der Waals surface area contributed by atoms with E-state index in [1.54, 1.807) is 0 Å². The van der Waals surface area contributed by atoms with Crippen molar-refractivity contribution in [1.29, 1.82) is 0 Å². The first-order valence-corrected chi connectivity index (χ1v) is 12.9. The van der Waals surface area contributed by atoms with Gasteiger partial charge in [0.1, 0.15) is 0 Å². The Balaban J connectivity index is 2.02. The van der Waals surface area contributed by atoms with Gasteiger partial charge in [-0.05, 0) is 55.6 Å². The molecule has 2 heteroatoms. The molecular weight excluding hydrogens is 332 g/mol. The van der Waals surface area contributed by atoms with Gasteiger partial charge >= 0.3 is 0 Å². The predicted octanol–water partition coefficient (Wildman–Crippen LogP) is 7.31. The second-order valence-corrected chi connectivity index (χ2v) is 12.9. The van der Waals surface area contributed by atoms with E-state index in [0.29, 0.717) is 5.54 Å². The molecule has 0 bridgehead atoms. The summed E-state index contributed by atoms with van der Waals surface area (Å²) in [5, 5.41) is 0. The molecule has 0 amide bonds. The van der Waals surface area contributed by atoms with Gasteiger partial charge in [0.15, 0.2) is 0 Å². The monoisotopic (exact) mass is 366 g/mol. The number of fused-ring (bicyclic) bond motifs is 3. The molecule has 0 saturated carbocycles. The molecule has 0 aliphatic heterocycles. The Labute approximate surface area is 160 Å². The fraction of sp³-hybridized carbons (Fsp3) is 0.500. The molecule has 0 radical (unpaired) electrons. The van der Waals surface area contributed by atoms with E-state index in [1.165, 1.54) is 54.0 Å². The van der Waals surface area contributed by atoms with Crippen molar-refractivity contribution in [3.05, 3.63) is 59.7 Å². The molecule has 1 atom stereocenters. The van der Waals surface area contributed by atoms with E-state index in [-0.39, 0.29) is 5.60 Å². The maximum absolute atomic E-state index is 6.94. The van der Waals surface area contributed by atoms with Crippen molar-refractivity contribution in [2.45, 2.75) is 77.1 Å². The molecule has 1 aliphatic rings. The lowest BCUT2D eigenvalue weighted by atomic mass is 10.1. The first-order chi connectivity index (χ1) is 12.4. The van der Waals surface area contributed by atoms with Crippen molar-refractivity contribution in [2.75, 3.05) is 0 Å². The second-order valence-electron chi connectivity index (χ2n) is 8.95. The van der Waals surface area contributed by atoms with Gasteiger partial charge in [-0.2, -0.15) is 0 Å². The lowest BCUT2D eigenvalue weighted by Crippen LogP contribution is -2.47. The SMILES string of the molecule is CCCCCC[Si](C)(OC(C)(C)C)C1c2ccccc2-c2ccccc21. The van der Waals surface area contributed by atoms with Gasteiger partial charge in [0.2, 0.25) is 8.32 Å². The summed E-state index contributed by atoms with van der Waals surface area (Å²) in [5.41, 5.74) is 6.15. The molecule has 0 heterocycles. The first kappa shape index (κ1) is 19.4. The quantitative estimate of drug-likeness (QED) is 0.369. The largest absolute Gasteiger partial charge is 0.412 e. The number of hydrogen-bond acceptors (Lipinski definition) is 1. The zero-order valence-electron chi connectivity index (χ0n) is 17.1. The molecule has 26 heavy (non-hydrogen) atoms. The Morgan fingerprint density at radius 3 is 1.88 bits per heavy atom. The number of hydrogen-bond donors (Lipinski definition) is 0. The molecule has 0 N–H and O–H groups in total. The maximum Gasteiger partial charge on any atom is 0.202 e. The van der Waals surface area contributed by atoms with E-state index in [1.807, 2.05) is 0 Å². The van der Waals surface area contributed by atoms with Crippen LogP contribution in [0.5, 0.6) is 0 Å². The van der Waals surface area contributed by atoms with E-state index in [9.17, 15) is 0 Å². The molecule has 2 aromatic carbocycles. The zero-order valence-corrected chi connectivity index (χ0v) is 18.1. The fourth-order valence-corrected chi connectivity index (χ4v) is 9.35. The summed E-state index contributed by atoms with van der Waals surface area (Å²) in [6.07, 6.45) is 5.22. The molecule has 0 spiro atoms. The zero-order chi connectivity index (χ0) is 18.8. The lowest BCUT2D eigenvalue weighted by Gasteiger charge is -2.40. The molecule has 0 fully saturated rings. The van der Waals surface area contributed by atoms with Gasteiger partial charge in [0.25, 0.3) is 0 Å². The molecule has 3 rings (SSSR count). The summed E-state index contributed by atoms with van der Waals surface area (Å²) >= 11 is 0. The minimum Gasteiger partial charge on any atom is -0.412 e. The van der Waals surface area contributed by atoms with Gasteiger partial charge in [-0.3, -0.25) is 0 Å². The minimum atomic E-state index is -2.00. The van der Waals surface area contributed by atoms with Crippen molar-refractivity contribution >= 4 is 8.32 Å². The van der Waals surface area contributed by atoms with Crippen molar-refractivity contribution in [1.82, 2.24) is 0 Å². The normalized spacial score (nSPS) is 16.2. The summed E-state index contributed by atoms with van der Waals surface area (Å²) in [6.45, 7) is 11.4. The Morgan fingerprint density at radius 2 is 1.38 bits per heavy atom. The van der Waals surface area contributed by atoms with Gasteiger partial charge in [0, 0.05) is 11.1 Å². The molecule has 2 aromatic rings. The van der Waals surface area contributed by atoms with Gasteiger partial charge in [-0.1, -0.05) is 81.1 Å². The number of unbranched alkanes of at least 4 members (excludes halogenated alkanes) is 3. The Morgan fingerprint density at radius 1 is 0.846 bits per heavy atom. The minimum absolute atomic E-state index is 0.0990. The third-order valence-electron chi connectivity index (χ3n) is 5.51. The van der Waals surface area contributed by atoms with Crippen LogP contribution in [-0.2, 0) is 4.43 Å². The van der Waals surface area contributed by atoms with E-state index >= 15 is 0 Å². The van der Waals surface area contributed by atoms with E-state index in [4.69, 9.17) is 4.43 Å². The predicted molar refractivity (Wildman–Crippen MR) is 115 cm³/mol. The van der Waals surface area contributed by atoms with Crippen LogP contribution in [-0.4, -0.2) is 13.9 Å². The highest BCUT2D eigenvalue weighted by atomic mass is 28.4. The topological polar surface area (TPSA) is 9.23 Å². The molecule has 1 aliphatic carbocycles. The highest BCUT2D eigenvalue weighted by Gasteiger charge is 2.46. The third-order valence-corrected chi connectivity index (χ3v) is 9.78. The van der Waals surface area contributed by atoms with Gasteiger partial charge in [0.05, 0.1) is 0 Å². The maximum atomic E-state index is 6.94. The highest BCUT2D eigenvalue weighted by molar-refractivity contribution is 6.75. The summed E-state index contributed by atoms with van der Waals surface area (Å²) in [5.74, 6) is 0. The van der Waals surface area contributed by atoms with Crippen LogP contribution in [0.25, 0.3) is 11.1 Å². The number of benzene rings is 2. The van der Waals surface area contributed by atoms with Crippen LogP contribution in [0.1, 0.15) is 70.0 Å². The van der Waals surface area contributed by atoms with Crippen LogP contribution in [0.4, 0.5) is 0 Å². The van der Waals surface area contributed by atoms with Gasteiger partial charge in [-0.25, -0.2) is 0 Å². The lowest BCUT2D eigenvalue weighted by molar-refractivity contribution is 0.115. The van der Waals surface area contributed by atoms with Crippen molar-refractivity contribution in [3.63, 3.8) is 0 Å². The second kappa shape index (κ2) is 7.70. The average Bonchev–Trinajstić information content (AvgIpc) is 2.92. The van der Waals surface area contributed by atoms with E-state index in [2.05, 4.69) is 82.8 Å². The van der Waals surface area contributed by atoms with E-state index < -0.39 is 8.32 Å². The number of rotatable bonds is 7. The Bertz CT molecular complexity index is 700. The molecule has 1 unspecified atom stereocenters. The highest BCUT2D eigenvalue weighted by Crippen LogP contribution is 2.51. The van der Waals surface area contributed by atoms with Crippen LogP contribution in [0.3, 0.4) is 0 Å². The first-order valence-electron chi connectivity index (χ1n) is 10.2. The average molecular weight is 367 g/mol. The summed E-state index contributed by atoms with van der Waals surface area (Å²) in [6, 6.07) is 19.2. The van der Waals surface area contributed by atoms with Crippen LogP contribution in [0, 0.1) is 0 Å². The van der Waals surface area contributed by atoms with Crippen LogP contribution in [0.2, 0.25) is 12.6 Å². The summed E-state index contributed by atoms with van der Waals surface area (Å²) in [7, 11) is -2.00. The summed E-state index contributed by atoms with van der Waals surface area (Å²) in [4.78, 5) is 0. The van der Waals surface area contributed by atoms with E-state index in [0.717, 1.165) is 0 Å². The van der Waals surface area contributed by atoms with Crippen LogP contribution in [0.15, 0.2) is 48.5 Å². The van der Waals surface area contributed by atoms with Gasteiger partial charge < -0.3 is 4.43 Å². The molecular formula is C24H34OSi.